The van der Waals surface area contributed by atoms with Crippen LogP contribution in [0.3, 0.4) is 0 Å². The fourth-order valence-electron chi connectivity index (χ4n) is 3.08. The molecule has 0 atom stereocenters. The number of nitro benzene ring substituents is 1. The van der Waals surface area contributed by atoms with Gasteiger partial charge in [-0.1, -0.05) is 23.7 Å². The molecular weight excluding hydrogens is 400 g/mol. The maximum absolute atomic E-state index is 11.6. The lowest BCUT2D eigenvalue weighted by molar-refractivity contribution is -0.384. The highest BCUT2D eigenvalue weighted by atomic mass is 35.5. The number of benzene rings is 2. The monoisotopic (exact) mass is 418 g/mol. The normalized spacial score (nSPS) is 14.3. The van der Waals surface area contributed by atoms with Gasteiger partial charge in [0.2, 0.25) is 0 Å². The highest BCUT2D eigenvalue weighted by molar-refractivity contribution is 7.80. The van der Waals surface area contributed by atoms with Gasteiger partial charge in [0.05, 0.1) is 11.1 Å². The van der Waals surface area contributed by atoms with E-state index in [9.17, 15) is 10.1 Å². The van der Waals surface area contributed by atoms with Gasteiger partial charge in [0, 0.05) is 48.5 Å². The van der Waals surface area contributed by atoms with E-state index >= 15 is 0 Å². The number of nitrogens with one attached hydrogen (secondary N) is 1. The number of nitro groups is 1. The summed E-state index contributed by atoms with van der Waals surface area (Å²) in [6.45, 7) is 2.84. The molecule has 10 heteroatoms. The third-order valence-electron chi connectivity index (χ3n) is 4.38. The molecule has 3 rings (SSSR count). The predicted molar refractivity (Wildman–Crippen MR) is 116 cm³/mol. The molecule has 28 heavy (non-hydrogen) atoms. The Hall–Kier alpha value is -2.91. The van der Waals surface area contributed by atoms with Gasteiger partial charge in [0.25, 0.3) is 5.69 Å². The molecule has 0 saturated carbocycles. The lowest BCUT2D eigenvalue weighted by Crippen LogP contribution is -2.46. The van der Waals surface area contributed by atoms with E-state index in [4.69, 9.17) is 17.3 Å². The second-order valence-corrected chi connectivity index (χ2v) is 7.07. The fraction of sp³-hybridized carbons (Fsp3) is 0.222. The fourth-order valence-corrected chi connectivity index (χ4v) is 3.32. The molecule has 0 unspecified atom stereocenters. The first-order valence-corrected chi connectivity index (χ1v) is 9.35. The number of anilines is 2. The van der Waals surface area contributed by atoms with Crippen molar-refractivity contribution in [3.05, 3.63) is 63.2 Å². The number of halogens is 1. The van der Waals surface area contributed by atoms with Crippen LogP contribution in [-0.4, -0.2) is 42.4 Å². The highest BCUT2D eigenvalue weighted by Crippen LogP contribution is 2.30. The molecule has 0 amide bonds. The third kappa shape index (κ3) is 4.87. The van der Waals surface area contributed by atoms with Crippen LogP contribution in [-0.2, 0) is 0 Å². The van der Waals surface area contributed by atoms with Gasteiger partial charge in [-0.25, -0.2) is 0 Å². The lowest BCUT2D eigenvalue weighted by Gasteiger charge is -2.37. The van der Waals surface area contributed by atoms with Gasteiger partial charge in [0.15, 0.2) is 5.11 Å². The van der Waals surface area contributed by atoms with Crippen molar-refractivity contribution in [1.29, 1.82) is 0 Å². The van der Waals surface area contributed by atoms with E-state index in [0.29, 0.717) is 29.4 Å². The Morgan fingerprint density at radius 2 is 1.93 bits per heavy atom. The van der Waals surface area contributed by atoms with Crippen LogP contribution < -0.4 is 21.0 Å². The Morgan fingerprint density at radius 1 is 1.21 bits per heavy atom. The molecule has 1 fully saturated rings. The molecule has 2 aromatic rings. The average molecular weight is 419 g/mol. The standard InChI is InChI=1S/C18H19ClN6O2S/c19-14-2-1-3-15(11-14)23-6-8-24(9-7-23)16-5-4-13(10-17(16)25(26)27)12-21-22-18(20)28/h1-5,10-12H,6-9H2,(H3,20,22,28). The van der Waals surface area contributed by atoms with Gasteiger partial charge in [-0.05, 0) is 36.5 Å². The predicted octanol–water partition coefficient (Wildman–Crippen LogP) is 2.74. The Kier molecular flexibility index (Phi) is 6.27. The zero-order chi connectivity index (χ0) is 20.1. The molecule has 8 nitrogen and oxygen atoms in total. The number of hydrogen-bond acceptors (Lipinski definition) is 6. The molecule has 1 aliphatic heterocycles. The second kappa shape index (κ2) is 8.85. The summed E-state index contributed by atoms with van der Waals surface area (Å²) in [7, 11) is 0. The van der Waals surface area contributed by atoms with Crippen LogP contribution in [0.5, 0.6) is 0 Å². The van der Waals surface area contributed by atoms with E-state index < -0.39 is 0 Å². The van der Waals surface area contributed by atoms with Gasteiger partial charge in [-0.2, -0.15) is 5.10 Å². The van der Waals surface area contributed by atoms with E-state index in [-0.39, 0.29) is 15.7 Å². The van der Waals surface area contributed by atoms with E-state index in [2.05, 4.69) is 27.6 Å². The van der Waals surface area contributed by atoms with Gasteiger partial charge in [-0.15, -0.1) is 0 Å². The smallest absolute Gasteiger partial charge is 0.293 e. The molecule has 0 aromatic heterocycles. The zero-order valence-corrected chi connectivity index (χ0v) is 16.5. The van der Waals surface area contributed by atoms with Crippen LogP contribution in [0.2, 0.25) is 5.02 Å². The quantitative estimate of drug-likeness (QED) is 0.333. The summed E-state index contributed by atoms with van der Waals surface area (Å²) in [6, 6.07) is 12.7. The van der Waals surface area contributed by atoms with Crippen molar-refractivity contribution in [1.82, 2.24) is 5.43 Å². The molecule has 1 saturated heterocycles. The maximum atomic E-state index is 11.6. The van der Waals surface area contributed by atoms with Gasteiger partial charge in [0.1, 0.15) is 5.69 Å². The Morgan fingerprint density at radius 3 is 2.57 bits per heavy atom. The summed E-state index contributed by atoms with van der Waals surface area (Å²) in [5.74, 6) is 0. The van der Waals surface area contributed by atoms with Gasteiger partial charge in [-0.3, -0.25) is 15.5 Å². The molecule has 146 valence electrons. The van der Waals surface area contributed by atoms with Crippen molar-refractivity contribution >= 4 is 52.2 Å². The number of nitrogens with zero attached hydrogens (tertiary/aromatic N) is 4. The van der Waals surface area contributed by atoms with E-state index in [1.54, 1.807) is 12.1 Å². The molecule has 0 aliphatic carbocycles. The topological polar surface area (TPSA) is 100 Å². The number of hydrogen-bond donors (Lipinski definition) is 2. The number of rotatable bonds is 5. The zero-order valence-electron chi connectivity index (χ0n) is 14.9. The summed E-state index contributed by atoms with van der Waals surface area (Å²) < 4.78 is 0. The number of hydrazone groups is 1. The third-order valence-corrected chi connectivity index (χ3v) is 4.70. The van der Waals surface area contributed by atoms with E-state index in [1.807, 2.05) is 29.2 Å². The first kappa shape index (κ1) is 19.8. The minimum Gasteiger partial charge on any atom is -0.375 e. The first-order chi connectivity index (χ1) is 13.4. The van der Waals surface area contributed by atoms with Gasteiger partial charge >= 0.3 is 0 Å². The molecule has 3 N–H and O–H groups in total. The van der Waals surface area contributed by atoms with Crippen LogP contribution in [0.15, 0.2) is 47.6 Å². The molecule has 2 aromatic carbocycles. The molecule has 0 bridgehead atoms. The van der Waals surface area contributed by atoms with E-state index in [1.165, 1.54) is 12.3 Å². The average Bonchev–Trinajstić information content (AvgIpc) is 2.68. The summed E-state index contributed by atoms with van der Waals surface area (Å²) in [5.41, 5.74) is 9.99. The van der Waals surface area contributed by atoms with Crippen molar-refractivity contribution in [2.75, 3.05) is 36.0 Å². The number of nitrogens with two attached hydrogens (primary N) is 1. The van der Waals surface area contributed by atoms with Crippen LogP contribution in [0.4, 0.5) is 17.1 Å². The van der Waals surface area contributed by atoms with Crippen LogP contribution in [0, 0.1) is 10.1 Å². The van der Waals surface area contributed by atoms with Crippen molar-refractivity contribution in [2.24, 2.45) is 10.8 Å². The first-order valence-electron chi connectivity index (χ1n) is 8.56. The molecule has 0 radical (unpaired) electrons. The largest absolute Gasteiger partial charge is 0.375 e. The van der Waals surface area contributed by atoms with Crippen LogP contribution in [0.25, 0.3) is 0 Å². The minimum absolute atomic E-state index is 0.0277. The Bertz CT molecular complexity index is 915. The van der Waals surface area contributed by atoms with Crippen LogP contribution >= 0.6 is 23.8 Å². The van der Waals surface area contributed by atoms with Gasteiger partial charge < -0.3 is 15.5 Å². The summed E-state index contributed by atoms with van der Waals surface area (Å²) in [4.78, 5) is 15.4. The second-order valence-electron chi connectivity index (χ2n) is 6.19. The van der Waals surface area contributed by atoms with Crippen molar-refractivity contribution in [2.45, 2.75) is 0 Å². The summed E-state index contributed by atoms with van der Waals surface area (Å²) >= 11 is 10.7. The summed E-state index contributed by atoms with van der Waals surface area (Å²) in [5, 5.41) is 16.1. The lowest BCUT2D eigenvalue weighted by atomic mass is 10.1. The molecular formula is C18H19ClN6O2S. The number of piperazine rings is 1. The highest BCUT2D eigenvalue weighted by Gasteiger charge is 2.24. The van der Waals surface area contributed by atoms with Crippen molar-refractivity contribution in [3.63, 3.8) is 0 Å². The minimum atomic E-state index is -0.378. The van der Waals surface area contributed by atoms with Crippen molar-refractivity contribution < 1.29 is 4.92 Å². The van der Waals surface area contributed by atoms with E-state index in [0.717, 1.165) is 18.8 Å². The molecule has 0 spiro atoms. The molecule has 1 aliphatic rings. The molecule has 1 heterocycles. The summed E-state index contributed by atoms with van der Waals surface area (Å²) in [6.07, 6.45) is 1.44. The Labute approximate surface area is 172 Å². The number of thiocarbonyl (C=S) groups is 1. The van der Waals surface area contributed by atoms with Crippen molar-refractivity contribution in [3.8, 4) is 0 Å². The Balaban J connectivity index is 1.74. The van der Waals surface area contributed by atoms with Crippen LogP contribution in [0.1, 0.15) is 5.56 Å². The maximum Gasteiger partial charge on any atom is 0.293 e. The SMILES string of the molecule is NC(=S)NN=Cc1ccc(N2CCN(c3cccc(Cl)c3)CC2)c([N+](=O)[O-])c1.